The Morgan fingerprint density at radius 1 is 1.28 bits per heavy atom. The number of nitrogens with two attached hydrogens (primary N) is 1. The molecule has 1 aromatic carbocycles. The Kier molecular flexibility index (Phi) is 4.51. The van der Waals surface area contributed by atoms with Crippen molar-refractivity contribution < 1.29 is 4.74 Å². The number of hydrogen-bond acceptors (Lipinski definition) is 3. The maximum absolute atomic E-state index is 5.94. The summed E-state index contributed by atoms with van der Waals surface area (Å²) in [6.45, 7) is 2.45. The predicted molar refractivity (Wildman–Crippen MR) is 77.9 cm³/mol. The largest absolute Gasteiger partial charge is 0.483 e. The first-order valence-corrected chi connectivity index (χ1v) is 7.10. The van der Waals surface area contributed by atoms with E-state index in [1.165, 1.54) is 5.56 Å². The fraction of sp³-hybridized carbons (Fsp3) is 0.231. The lowest BCUT2D eigenvalue weighted by Gasteiger charge is -2.17. The molecular formula is C13H13Cl2NOS. The van der Waals surface area contributed by atoms with Gasteiger partial charge in [-0.1, -0.05) is 23.2 Å². The van der Waals surface area contributed by atoms with Crippen molar-refractivity contribution in [2.75, 3.05) is 6.54 Å². The molecule has 1 heterocycles. The fourth-order valence-corrected chi connectivity index (χ4v) is 3.16. The van der Waals surface area contributed by atoms with Crippen molar-refractivity contribution in [2.45, 2.75) is 13.0 Å². The summed E-state index contributed by atoms with van der Waals surface area (Å²) in [4.78, 5) is 1.13. The van der Waals surface area contributed by atoms with Crippen LogP contribution in [-0.4, -0.2) is 6.54 Å². The molecule has 0 aliphatic carbocycles. The highest BCUT2D eigenvalue weighted by atomic mass is 35.5. The summed E-state index contributed by atoms with van der Waals surface area (Å²) in [5.41, 5.74) is 6.96. The first kappa shape index (κ1) is 13.7. The van der Waals surface area contributed by atoms with Crippen LogP contribution in [0.5, 0.6) is 5.75 Å². The summed E-state index contributed by atoms with van der Waals surface area (Å²) in [5, 5.41) is 3.13. The summed E-state index contributed by atoms with van der Waals surface area (Å²) in [7, 11) is 0. The maximum atomic E-state index is 5.94. The third-order valence-electron chi connectivity index (χ3n) is 2.52. The Morgan fingerprint density at radius 2 is 1.94 bits per heavy atom. The van der Waals surface area contributed by atoms with Crippen LogP contribution in [0.4, 0.5) is 0 Å². The summed E-state index contributed by atoms with van der Waals surface area (Å²) >= 11 is 13.5. The van der Waals surface area contributed by atoms with Crippen LogP contribution in [0.2, 0.25) is 10.0 Å². The van der Waals surface area contributed by atoms with Gasteiger partial charge in [-0.2, -0.15) is 0 Å². The van der Waals surface area contributed by atoms with E-state index in [2.05, 4.69) is 6.07 Å². The molecular weight excluding hydrogens is 289 g/mol. The zero-order chi connectivity index (χ0) is 13.1. The summed E-state index contributed by atoms with van der Waals surface area (Å²) in [6, 6.07) is 7.19. The van der Waals surface area contributed by atoms with Crippen LogP contribution in [0, 0.1) is 6.92 Å². The zero-order valence-electron chi connectivity index (χ0n) is 9.82. The number of rotatable bonds is 4. The van der Waals surface area contributed by atoms with E-state index < -0.39 is 0 Å². The SMILES string of the molecule is Cc1ccsc1C(CN)Oc1cc(Cl)cc(Cl)c1. The van der Waals surface area contributed by atoms with Crippen LogP contribution in [-0.2, 0) is 0 Å². The van der Waals surface area contributed by atoms with Gasteiger partial charge in [-0.15, -0.1) is 11.3 Å². The van der Waals surface area contributed by atoms with Crippen LogP contribution in [0.25, 0.3) is 0 Å². The molecule has 1 unspecified atom stereocenters. The molecule has 0 radical (unpaired) electrons. The molecule has 2 rings (SSSR count). The van der Waals surface area contributed by atoms with Gasteiger partial charge in [0.1, 0.15) is 11.9 Å². The average molecular weight is 302 g/mol. The van der Waals surface area contributed by atoms with Gasteiger partial charge in [0.15, 0.2) is 0 Å². The van der Waals surface area contributed by atoms with Crippen LogP contribution in [0.1, 0.15) is 16.5 Å². The number of benzene rings is 1. The van der Waals surface area contributed by atoms with E-state index in [-0.39, 0.29) is 6.10 Å². The highest BCUT2D eigenvalue weighted by molar-refractivity contribution is 7.10. The highest BCUT2D eigenvalue weighted by Gasteiger charge is 2.15. The minimum absolute atomic E-state index is 0.167. The van der Waals surface area contributed by atoms with Gasteiger partial charge < -0.3 is 10.5 Å². The Hall–Kier alpha value is -0.740. The first-order valence-electron chi connectivity index (χ1n) is 5.47. The lowest BCUT2D eigenvalue weighted by Crippen LogP contribution is -2.18. The van der Waals surface area contributed by atoms with Gasteiger partial charge in [-0.3, -0.25) is 0 Å². The summed E-state index contributed by atoms with van der Waals surface area (Å²) < 4.78 is 5.87. The third kappa shape index (κ3) is 3.18. The molecule has 0 spiro atoms. The molecule has 0 aliphatic rings. The lowest BCUT2D eigenvalue weighted by molar-refractivity contribution is 0.217. The Balaban J connectivity index is 2.23. The predicted octanol–water partition coefficient (Wildman–Crippen LogP) is 4.44. The first-order chi connectivity index (χ1) is 8.60. The van der Waals surface area contributed by atoms with Crippen LogP contribution in [0.15, 0.2) is 29.6 Å². The number of hydrogen-bond donors (Lipinski definition) is 1. The molecule has 2 nitrogen and oxygen atoms in total. The smallest absolute Gasteiger partial charge is 0.145 e. The average Bonchev–Trinajstić information content (AvgIpc) is 2.71. The van der Waals surface area contributed by atoms with Crippen molar-refractivity contribution in [1.82, 2.24) is 0 Å². The number of aryl methyl sites for hydroxylation is 1. The number of halogens is 2. The topological polar surface area (TPSA) is 35.2 Å². The van der Waals surface area contributed by atoms with E-state index in [0.29, 0.717) is 22.3 Å². The lowest BCUT2D eigenvalue weighted by atomic mass is 10.2. The van der Waals surface area contributed by atoms with Gasteiger partial charge >= 0.3 is 0 Å². The van der Waals surface area contributed by atoms with Crippen molar-refractivity contribution >= 4 is 34.5 Å². The van der Waals surface area contributed by atoms with E-state index in [0.717, 1.165) is 4.88 Å². The van der Waals surface area contributed by atoms with Gasteiger partial charge in [0.2, 0.25) is 0 Å². The van der Waals surface area contributed by atoms with E-state index in [1.54, 1.807) is 29.5 Å². The van der Waals surface area contributed by atoms with E-state index >= 15 is 0 Å². The molecule has 5 heteroatoms. The van der Waals surface area contributed by atoms with Crippen molar-refractivity contribution in [3.63, 3.8) is 0 Å². The second kappa shape index (κ2) is 5.93. The van der Waals surface area contributed by atoms with E-state index in [1.807, 2.05) is 12.3 Å². The maximum Gasteiger partial charge on any atom is 0.145 e. The standard InChI is InChI=1S/C13H13Cl2NOS/c1-8-2-3-18-13(8)12(7-16)17-11-5-9(14)4-10(15)6-11/h2-6,12H,7,16H2,1H3. The number of ether oxygens (including phenoxy) is 1. The minimum atomic E-state index is -0.167. The molecule has 0 fully saturated rings. The summed E-state index contributed by atoms with van der Waals surface area (Å²) in [6.07, 6.45) is -0.167. The van der Waals surface area contributed by atoms with Gasteiger partial charge in [0, 0.05) is 21.5 Å². The minimum Gasteiger partial charge on any atom is -0.483 e. The summed E-state index contributed by atoms with van der Waals surface area (Å²) in [5.74, 6) is 0.635. The quantitative estimate of drug-likeness (QED) is 0.906. The molecule has 1 atom stereocenters. The second-order valence-corrected chi connectivity index (χ2v) is 5.74. The molecule has 0 saturated heterocycles. The van der Waals surface area contributed by atoms with Crippen LogP contribution in [0.3, 0.4) is 0 Å². The molecule has 0 bridgehead atoms. The Bertz CT molecular complexity index is 521. The van der Waals surface area contributed by atoms with Crippen LogP contribution < -0.4 is 10.5 Å². The molecule has 18 heavy (non-hydrogen) atoms. The van der Waals surface area contributed by atoms with Gasteiger partial charge in [-0.25, -0.2) is 0 Å². The Labute approximate surface area is 120 Å². The van der Waals surface area contributed by atoms with Crippen molar-refractivity contribution in [2.24, 2.45) is 5.73 Å². The molecule has 1 aromatic heterocycles. The molecule has 0 saturated carbocycles. The normalized spacial score (nSPS) is 12.4. The molecule has 0 aliphatic heterocycles. The second-order valence-electron chi connectivity index (χ2n) is 3.92. The van der Waals surface area contributed by atoms with Gasteiger partial charge in [-0.05, 0) is 42.1 Å². The number of thiophene rings is 1. The monoisotopic (exact) mass is 301 g/mol. The third-order valence-corrected chi connectivity index (χ3v) is 4.07. The zero-order valence-corrected chi connectivity index (χ0v) is 12.1. The van der Waals surface area contributed by atoms with Crippen LogP contribution >= 0.6 is 34.5 Å². The fourth-order valence-electron chi connectivity index (χ4n) is 1.68. The van der Waals surface area contributed by atoms with Gasteiger partial charge in [0.05, 0.1) is 0 Å². The molecule has 0 amide bonds. The Morgan fingerprint density at radius 3 is 2.44 bits per heavy atom. The molecule has 2 N–H and O–H groups in total. The molecule has 96 valence electrons. The van der Waals surface area contributed by atoms with Crippen molar-refractivity contribution in [1.29, 1.82) is 0 Å². The molecule has 2 aromatic rings. The van der Waals surface area contributed by atoms with Crippen molar-refractivity contribution in [3.8, 4) is 5.75 Å². The van der Waals surface area contributed by atoms with E-state index in [9.17, 15) is 0 Å². The van der Waals surface area contributed by atoms with Gasteiger partial charge in [0.25, 0.3) is 0 Å². The van der Waals surface area contributed by atoms with Crippen molar-refractivity contribution in [3.05, 3.63) is 50.1 Å². The van der Waals surface area contributed by atoms with E-state index in [4.69, 9.17) is 33.7 Å². The highest BCUT2D eigenvalue weighted by Crippen LogP contribution is 2.31.